The molecule has 0 aliphatic carbocycles. The van der Waals surface area contributed by atoms with E-state index in [9.17, 15) is 47.4 Å². The summed E-state index contributed by atoms with van der Waals surface area (Å²) >= 11 is 0. The summed E-state index contributed by atoms with van der Waals surface area (Å²) in [5.74, 6) is -10.6. The molecule has 4 aromatic carbocycles. The third kappa shape index (κ3) is 16.1. The smallest absolute Gasteiger partial charge is 0.305 e. The van der Waals surface area contributed by atoms with Crippen molar-refractivity contribution in [1.82, 2.24) is 77.0 Å². The van der Waals surface area contributed by atoms with Gasteiger partial charge in [0.15, 0.2) is 0 Å². The van der Waals surface area contributed by atoms with E-state index in [-0.39, 0.29) is 68.1 Å². The predicted octanol–water partition coefficient (Wildman–Crippen LogP) is 1.45. The summed E-state index contributed by atoms with van der Waals surface area (Å²) in [7, 11) is 1.46. The zero-order valence-corrected chi connectivity index (χ0v) is 51.8. The second kappa shape index (κ2) is 29.1. The fraction of sp³-hybridized carbons (Fsp3) is 0.338. The summed E-state index contributed by atoms with van der Waals surface area (Å²) in [5.41, 5.74) is 8.11. The molecule has 30 heteroatoms. The Morgan fingerprint density at radius 2 is 1.26 bits per heavy atom. The first-order chi connectivity index (χ1) is 45.5. The van der Waals surface area contributed by atoms with Crippen LogP contribution in [-0.4, -0.2) is 166 Å². The molecule has 95 heavy (non-hydrogen) atoms. The van der Waals surface area contributed by atoms with Gasteiger partial charge in [-0.05, 0) is 110 Å². The molecule has 8 aromatic rings. The molecular weight excluding hydrogens is 1230 g/mol. The third-order valence-electron chi connectivity index (χ3n) is 17.0. The molecule has 28 nitrogen and oxygen atoms in total. The molecule has 9 amide bonds. The van der Waals surface area contributed by atoms with Crippen molar-refractivity contribution in [2.24, 2.45) is 5.73 Å². The molecule has 0 spiro atoms. The summed E-state index contributed by atoms with van der Waals surface area (Å²) < 4.78 is 36.5. The van der Waals surface area contributed by atoms with Crippen molar-refractivity contribution in [3.05, 3.63) is 161 Å². The number of benzene rings is 4. The Hall–Kier alpha value is -11.3. The van der Waals surface area contributed by atoms with Crippen LogP contribution in [0.2, 0.25) is 0 Å². The number of rotatable bonds is 12. The fourth-order valence-electron chi connectivity index (χ4n) is 11.7. The number of ether oxygens (including phenoxy) is 1. The molecule has 7 heterocycles. The minimum atomic E-state index is -2.02. The quantitative estimate of drug-likeness (QED) is 0.0771. The summed E-state index contributed by atoms with van der Waals surface area (Å²) in [6.07, 6.45) is 5.01. The number of aromatic amines is 3. The van der Waals surface area contributed by atoms with Crippen LogP contribution >= 0.6 is 0 Å². The van der Waals surface area contributed by atoms with Crippen LogP contribution in [0, 0.1) is 11.6 Å². The van der Waals surface area contributed by atoms with Crippen LogP contribution < -0.4 is 47.7 Å². The van der Waals surface area contributed by atoms with E-state index in [2.05, 4.69) is 67.5 Å². The highest BCUT2D eigenvalue weighted by molar-refractivity contribution is 6.00. The van der Waals surface area contributed by atoms with E-state index in [1.165, 1.54) is 91.9 Å². The number of hydrogen-bond acceptors (Lipinski definition) is 14. The average molecular weight is 1310 g/mol. The number of amides is 9. The lowest BCUT2D eigenvalue weighted by Gasteiger charge is -2.37. The maximum atomic E-state index is 15.2. The number of carboxylic acid groups (broad SMARTS) is 1. The number of nitrogens with two attached hydrogens (primary N) is 1. The SMILES string of the molecule is COc1ccc(C[C@@H]2NC(=O)[C@H](Cc3cnc[nH]3)NC(=O)[C@H](CC(=O)O)NC(=O)[C@H](Cc3c[nH]c4ccc(F)cc34)NC(=O)[C@H](Cc3c[nH]c4ccc(F)cc34)NC(=O)[C@@H](C)NC(=O)CCc3cn(nn3)-c3ccc(cc3)C[C@@H](C(N)=O)NC(=O)[C@]3(C)CCCN3C2=O)cc1. The number of carbonyl (C=O) groups is 10. The van der Waals surface area contributed by atoms with Gasteiger partial charge in [-0.1, -0.05) is 29.5 Å². The molecule has 3 aliphatic rings. The second-order valence-electron chi connectivity index (χ2n) is 23.8. The molecule has 4 aromatic heterocycles. The third-order valence-corrected chi connectivity index (χ3v) is 17.0. The molecule has 11 rings (SSSR count). The van der Waals surface area contributed by atoms with Gasteiger partial charge in [-0.2, -0.15) is 0 Å². The number of H-pyrrole nitrogens is 3. The molecule has 13 N–H and O–H groups in total. The molecule has 496 valence electrons. The Labute approximate surface area is 540 Å². The Balaban J connectivity index is 1.01. The van der Waals surface area contributed by atoms with Gasteiger partial charge in [-0.15, -0.1) is 5.10 Å². The highest BCUT2D eigenvalue weighted by atomic mass is 19.1. The molecule has 1 fully saturated rings. The van der Waals surface area contributed by atoms with Crippen molar-refractivity contribution in [3.63, 3.8) is 0 Å². The number of methoxy groups -OCH3 is 1. The summed E-state index contributed by atoms with van der Waals surface area (Å²) in [4.78, 5) is 157. The highest BCUT2D eigenvalue weighted by Crippen LogP contribution is 2.32. The number of hydrogen-bond donors (Lipinski definition) is 12. The fourth-order valence-corrected chi connectivity index (χ4v) is 11.7. The number of carboxylic acids is 1. The molecule has 8 atom stereocenters. The molecule has 1 saturated heterocycles. The van der Waals surface area contributed by atoms with Crippen LogP contribution in [0.3, 0.4) is 0 Å². The second-order valence-corrected chi connectivity index (χ2v) is 23.8. The number of imidazole rings is 1. The summed E-state index contributed by atoms with van der Waals surface area (Å²) in [6, 6.07) is 9.97. The number of primary amides is 1. The number of fused-ring (bicyclic) bond motifs is 27. The number of aryl methyl sites for hydroxylation is 1. The van der Waals surface area contributed by atoms with E-state index < -0.39 is 131 Å². The van der Waals surface area contributed by atoms with Gasteiger partial charge in [0, 0.05) is 97.6 Å². The Morgan fingerprint density at radius 3 is 1.84 bits per heavy atom. The number of aliphatic carboxylic acids is 1. The van der Waals surface area contributed by atoms with E-state index in [4.69, 9.17) is 10.5 Å². The van der Waals surface area contributed by atoms with Crippen molar-refractivity contribution >= 4 is 80.9 Å². The van der Waals surface area contributed by atoms with Crippen LogP contribution in [0.25, 0.3) is 27.5 Å². The summed E-state index contributed by atoms with van der Waals surface area (Å²) in [5, 5.41) is 37.8. The van der Waals surface area contributed by atoms with Crippen molar-refractivity contribution in [3.8, 4) is 11.4 Å². The van der Waals surface area contributed by atoms with E-state index >= 15 is 14.4 Å². The van der Waals surface area contributed by atoms with E-state index in [0.29, 0.717) is 56.7 Å². The maximum absolute atomic E-state index is 15.2. The molecule has 0 radical (unpaired) electrons. The predicted molar refractivity (Wildman–Crippen MR) is 336 cm³/mol. The maximum Gasteiger partial charge on any atom is 0.305 e. The van der Waals surface area contributed by atoms with E-state index in [1.54, 1.807) is 54.7 Å². The number of halogens is 2. The van der Waals surface area contributed by atoms with Gasteiger partial charge in [0.05, 0.1) is 37.4 Å². The van der Waals surface area contributed by atoms with Crippen LogP contribution in [0.5, 0.6) is 5.75 Å². The topological polar surface area (TPSA) is 405 Å². The van der Waals surface area contributed by atoms with Gasteiger partial charge < -0.3 is 72.6 Å². The highest BCUT2D eigenvalue weighted by Gasteiger charge is 2.49. The number of aromatic nitrogens is 7. The molecule has 0 saturated carbocycles. The lowest BCUT2D eigenvalue weighted by molar-refractivity contribution is -0.147. The van der Waals surface area contributed by atoms with Crippen LogP contribution in [-0.2, 0) is 86.5 Å². The van der Waals surface area contributed by atoms with Crippen molar-refractivity contribution in [1.29, 1.82) is 0 Å². The van der Waals surface area contributed by atoms with Crippen molar-refractivity contribution in [2.75, 3.05) is 13.7 Å². The minimum Gasteiger partial charge on any atom is -0.497 e. The van der Waals surface area contributed by atoms with Gasteiger partial charge in [0.25, 0.3) is 0 Å². The average Bonchev–Trinajstić information content (AvgIpc) is 1.71. The lowest BCUT2D eigenvalue weighted by atomic mass is 9.94. The normalized spacial score (nSPS) is 22.5. The molecule has 4 bridgehead atoms. The van der Waals surface area contributed by atoms with Crippen LogP contribution in [0.4, 0.5) is 8.78 Å². The number of nitrogens with zero attached hydrogens (tertiary/aromatic N) is 5. The largest absolute Gasteiger partial charge is 0.497 e. The van der Waals surface area contributed by atoms with Crippen molar-refractivity contribution in [2.45, 2.75) is 126 Å². The van der Waals surface area contributed by atoms with Gasteiger partial charge in [-0.3, -0.25) is 47.9 Å². The number of nitrogens with one attached hydrogen (secondary N) is 10. The van der Waals surface area contributed by atoms with Crippen LogP contribution in [0.1, 0.15) is 73.2 Å². The molecule has 3 aliphatic heterocycles. The zero-order valence-electron chi connectivity index (χ0n) is 51.8. The Kier molecular flexibility index (Phi) is 20.4. The monoisotopic (exact) mass is 1300 g/mol. The number of carbonyl (C=O) groups excluding carboxylic acids is 9. The minimum absolute atomic E-state index is 0.0287. The molecular formula is C65H70F2N16O12. The van der Waals surface area contributed by atoms with E-state index in [0.717, 1.165) is 0 Å². The summed E-state index contributed by atoms with van der Waals surface area (Å²) in [6.45, 7) is 2.92. The van der Waals surface area contributed by atoms with Gasteiger partial charge in [0.1, 0.15) is 65.2 Å². The van der Waals surface area contributed by atoms with Gasteiger partial charge in [-0.25, -0.2) is 18.4 Å². The Morgan fingerprint density at radius 1 is 0.684 bits per heavy atom. The standard InChI is InChI=1S/C65H70F2N16O12/c1-34-58(88)74-50(23-37-29-70-47-16-9-39(66)25-45(37)47)59(89)75-51(24-38-30-71-48-17-10-40(67)26-46(38)48)60(90)77-53(28-56(85)86)62(92)76-52(27-42-31-69-33-72-42)61(91)78-54(22-36-7-14-44(95-3)15-8-36)63(93)82-20-4-19-65(82,2)64(94)79-49(57(68)87)21-35-5-12-43(13-6-35)83-32-41(80-81-83)11-18-55(84)73-34/h5-10,12-17,25-26,29-34,49-54,70-71H,4,11,18-24,27-28H2,1-3H3,(H2,68,87)(H,69,72)(H,73,84)(H,74,88)(H,75,89)(H,76,92)(H,77,90)(H,78,91)(H,79,94)(H,85,86)/t34-,49+,50+,51+,52+,53+,54+,65+/m1/s1. The van der Waals surface area contributed by atoms with Gasteiger partial charge >= 0.3 is 5.97 Å². The van der Waals surface area contributed by atoms with Crippen molar-refractivity contribution < 1.29 is 66.6 Å². The van der Waals surface area contributed by atoms with E-state index in [1.807, 2.05) is 0 Å². The van der Waals surface area contributed by atoms with Gasteiger partial charge in [0.2, 0.25) is 53.2 Å². The molecule has 0 unspecified atom stereocenters. The van der Waals surface area contributed by atoms with Crippen LogP contribution in [0.15, 0.2) is 116 Å². The first kappa shape index (κ1) is 66.6. The first-order valence-corrected chi connectivity index (χ1v) is 30.6. The first-order valence-electron chi connectivity index (χ1n) is 30.6. The lowest BCUT2D eigenvalue weighted by Crippen LogP contribution is -2.63. The Bertz CT molecular complexity index is 4190. The zero-order chi connectivity index (χ0) is 67.7.